The van der Waals surface area contributed by atoms with Gasteiger partial charge in [0.25, 0.3) is 0 Å². The lowest BCUT2D eigenvalue weighted by Gasteiger charge is -2.05. The van der Waals surface area contributed by atoms with Crippen LogP contribution in [0.5, 0.6) is 0 Å². The van der Waals surface area contributed by atoms with Crippen molar-refractivity contribution in [2.24, 2.45) is 0 Å². The molecular weight excluding hydrogens is 122 g/mol. The van der Waals surface area contributed by atoms with Crippen molar-refractivity contribution in [2.75, 3.05) is 7.11 Å². The van der Waals surface area contributed by atoms with Crippen LogP contribution >= 0.6 is 0 Å². The molecule has 0 aliphatic carbocycles. The van der Waals surface area contributed by atoms with Crippen LogP contribution in [0.15, 0.2) is 12.7 Å². The van der Waals surface area contributed by atoms with E-state index in [1.807, 2.05) is 0 Å². The highest BCUT2D eigenvalue weighted by molar-refractivity contribution is 5.75. The third-order valence-corrected chi connectivity index (χ3v) is 0.747. The normalized spacial score (nSPS) is 12.6. The second-order valence-corrected chi connectivity index (χ2v) is 1.37. The molecule has 0 amide bonds. The molecule has 0 rings (SSSR count). The molecule has 0 aliphatic heterocycles. The number of hydrogen-bond donors (Lipinski definition) is 2. The first-order valence-corrected chi connectivity index (χ1v) is 2.36. The van der Waals surface area contributed by atoms with Crippen molar-refractivity contribution in [3.8, 4) is 0 Å². The van der Waals surface area contributed by atoms with E-state index in [4.69, 9.17) is 5.11 Å². The van der Waals surface area contributed by atoms with E-state index >= 15 is 0 Å². The van der Waals surface area contributed by atoms with E-state index in [1.54, 1.807) is 0 Å². The van der Waals surface area contributed by atoms with E-state index in [2.05, 4.69) is 16.9 Å². The highest BCUT2D eigenvalue weighted by Gasteiger charge is 2.10. The zero-order valence-electron chi connectivity index (χ0n) is 5.13. The average Bonchev–Trinajstić information content (AvgIpc) is 1.82. The summed E-state index contributed by atoms with van der Waals surface area (Å²) in [5.41, 5.74) is 2.21. The molecule has 0 saturated carbocycles. The Morgan fingerprint density at radius 3 is 2.67 bits per heavy atom. The minimum Gasteiger partial charge on any atom is -0.480 e. The number of hydrogen-bond acceptors (Lipinski definition) is 3. The Kier molecular flexibility index (Phi) is 3.66. The molecule has 0 radical (unpaired) electrons. The molecule has 0 aromatic rings. The van der Waals surface area contributed by atoms with E-state index in [0.29, 0.717) is 0 Å². The van der Waals surface area contributed by atoms with Gasteiger partial charge in [0.2, 0.25) is 0 Å². The number of nitrogens with one attached hydrogen (secondary N) is 1. The quantitative estimate of drug-likeness (QED) is 0.409. The van der Waals surface area contributed by atoms with Gasteiger partial charge in [-0.2, -0.15) is 5.48 Å². The summed E-state index contributed by atoms with van der Waals surface area (Å²) in [6.45, 7) is 3.28. The van der Waals surface area contributed by atoms with Crippen LogP contribution in [0.2, 0.25) is 0 Å². The topological polar surface area (TPSA) is 58.6 Å². The lowest BCUT2D eigenvalue weighted by atomic mass is 10.3. The number of carbonyl (C=O) groups is 1. The van der Waals surface area contributed by atoms with Gasteiger partial charge in [-0.1, -0.05) is 6.08 Å². The Bertz CT molecular complexity index is 113. The average molecular weight is 131 g/mol. The van der Waals surface area contributed by atoms with Crippen LogP contribution in [-0.2, 0) is 9.63 Å². The summed E-state index contributed by atoms with van der Waals surface area (Å²) in [6, 6.07) is -0.824. The summed E-state index contributed by atoms with van der Waals surface area (Å²) >= 11 is 0. The highest BCUT2D eigenvalue weighted by atomic mass is 16.6. The second-order valence-electron chi connectivity index (χ2n) is 1.37. The molecule has 4 nitrogen and oxygen atoms in total. The molecule has 9 heavy (non-hydrogen) atoms. The smallest absolute Gasteiger partial charge is 0.327 e. The van der Waals surface area contributed by atoms with Gasteiger partial charge in [0.15, 0.2) is 0 Å². The van der Waals surface area contributed by atoms with Gasteiger partial charge in [-0.3, -0.25) is 4.79 Å². The Hall–Kier alpha value is -0.870. The lowest BCUT2D eigenvalue weighted by molar-refractivity contribution is -0.141. The Morgan fingerprint density at radius 1 is 2.00 bits per heavy atom. The van der Waals surface area contributed by atoms with Crippen molar-refractivity contribution in [3.05, 3.63) is 12.7 Å². The second kappa shape index (κ2) is 4.05. The summed E-state index contributed by atoms with van der Waals surface area (Å²) < 4.78 is 0. The maximum Gasteiger partial charge on any atom is 0.327 e. The van der Waals surface area contributed by atoms with Gasteiger partial charge < -0.3 is 9.94 Å². The fraction of sp³-hybridized carbons (Fsp3) is 0.400. The van der Waals surface area contributed by atoms with E-state index in [0.717, 1.165) is 0 Å². The molecule has 0 saturated heterocycles. The molecule has 0 aromatic carbocycles. The third-order valence-electron chi connectivity index (χ3n) is 0.747. The van der Waals surface area contributed by atoms with Crippen LogP contribution in [-0.4, -0.2) is 24.2 Å². The predicted molar refractivity (Wildman–Crippen MR) is 31.8 cm³/mol. The maximum atomic E-state index is 10.1. The molecule has 0 aliphatic rings. The number of hydroxylamine groups is 1. The summed E-state index contributed by atoms with van der Waals surface area (Å²) in [5.74, 6) is -1.01. The fourth-order valence-corrected chi connectivity index (χ4v) is 0.326. The van der Waals surface area contributed by atoms with Crippen LogP contribution in [0.25, 0.3) is 0 Å². The lowest BCUT2D eigenvalue weighted by Crippen LogP contribution is -2.33. The van der Waals surface area contributed by atoms with Gasteiger partial charge in [0, 0.05) is 0 Å². The molecule has 0 spiro atoms. The fourth-order valence-electron chi connectivity index (χ4n) is 0.326. The van der Waals surface area contributed by atoms with Crippen molar-refractivity contribution in [1.82, 2.24) is 5.48 Å². The zero-order valence-corrected chi connectivity index (χ0v) is 5.13. The predicted octanol–water partition coefficient (Wildman–Crippen LogP) is -0.223. The number of carboxylic acids is 1. The maximum absolute atomic E-state index is 10.1. The summed E-state index contributed by atoms with van der Waals surface area (Å²) in [4.78, 5) is 14.5. The van der Waals surface area contributed by atoms with E-state index in [1.165, 1.54) is 13.2 Å². The minimum atomic E-state index is -1.01. The molecule has 0 fully saturated rings. The monoisotopic (exact) mass is 131 g/mol. The molecule has 0 bridgehead atoms. The van der Waals surface area contributed by atoms with Crippen LogP contribution in [0.4, 0.5) is 0 Å². The van der Waals surface area contributed by atoms with Gasteiger partial charge in [0.05, 0.1) is 7.11 Å². The van der Waals surface area contributed by atoms with Crippen LogP contribution in [0.3, 0.4) is 0 Å². The van der Waals surface area contributed by atoms with E-state index in [9.17, 15) is 4.79 Å². The van der Waals surface area contributed by atoms with E-state index in [-0.39, 0.29) is 0 Å². The van der Waals surface area contributed by atoms with Gasteiger partial charge in [0.1, 0.15) is 6.04 Å². The van der Waals surface area contributed by atoms with Crippen LogP contribution in [0.1, 0.15) is 0 Å². The molecule has 52 valence electrons. The first kappa shape index (κ1) is 8.13. The molecule has 2 N–H and O–H groups in total. The summed E-state index contributed by atoms with van der Waals surface area (Å²) in [6.07, 6.45) is 1.24. The first-order chi connectivity index (χ1) is 4.22. The number of aliphatic carboxylic acids is 1. The summed E-state index contributed by atoms with van der Waals surface area (Å²) in [7, 11) is 1.35. The molecule has 0 heterocycles. The van der Waals surface area contributed by atoms with Crippen molar-refractivity contribution in [1.29, 1.82) is 0 Å². The largest absolute Gasteiger partial charge is 0.480 e. The highest BCUT2D eigenvalue weighted by Crippen LogP contribution is 1.82. The van der Waals surface area contributed by atoms with Crippen LogP contribution in [0, 0.1) is 0 Å². The molecule has 0 aromatic heterocycles. The van der Waals surface area contributed by atoms with Crippen molar-refractivity contribution < 1.29 is 14.7 Å². The van der Waals surface area contributed by atoms with E-state index < -0.39 is 12.0 Å². The Labute approximate surface area is 53.1 Å². The number of carboxylic acid groups (broad SMARTS) is 1. The van der Waals surface area contributed by atoms with Crippen LogP contribution < -0.4 is 5.48 Å². The van der Waals surface area contributed by atoms with Crippen molar-refractivity contribution >= 4 is 5.97 Å². The Morgan fingerprint density at radius 2 is 2.56 bits per heavy atom. The third kappa shape index (κ3) is 2.84. The molecular formula is C5H9NO3. The van der Waals surface area contributed by atoms with Gasteiger partial charge >= 0.3 is 5.97 Å². The molecule has 4 heteroatoms. The zero-order chi connectivity index (χ0) is 7.28. The minimum absolute atomic E-state index is 0.824. The SMILES string of the molecule is C=CC(NOC)C(=O)O. The van der Waals surface area contributed by atoms with Crippen molar-refractivity contribution in [2.45, 2.75) is 6.04 Å². The molecule has 1 atom stereocenters. The van der Waals surface area contributed by atoms with Gasteiger partial charge in [-0.25, -0.2) is 0 Å². The van der Waals surface area contributed by atoms with Crippen molar-refractivity contribution in [3.63, 3.8) is 0 Å². The van der Waals surface area contributed by atoms with Gasteiger partial charge in [-0.05, 0) is 0 Å². The molecule has 1 unspecified atom stereocenters. The summed E-state index contributed by atoms with van der Waals surface area (Å²) in [5, 5.41) is 8.29. The first-order valence-electron chi connectivity index (χ1n) is 2.36. The van der Waals surface area contributed by atoms with Gasteiger partial charge in [-0.15, -0.1) is 6.58 Å². The number of rotatable bonds is 4. The Balaban J connectivity index is 3.68. The standard InChI is InChI=1S/C5H9NO3/c1-3-4(5(7)8)6-9-2/h3-4,6H,1H2,2H3,(H,7,8).